The zero-order valence-corrected chi connectivity index (χ0v) is 18.1. The molecule has 1 aromatic heterocycles. The Bertz CT molecular complexity index is 1480. The van der Waals surface area contributed by atoms with Crippen molar-refractivity contribution in [2.75, 3.05) is 0 Å². The third kappa shape index (κ3) is 4.68. The molecule has 0 unspecified atom stereocenters. The van der Waals surface area contributed by atoms with Crippen molar-refractivity contribution >= 4 is 40.6 Å². The molecule has 5 aromatic rings. The summed E-state index contributed by atoms with van der Waals surface area (Å²) in [6.07, 6.45) is 1.70. The van der Waals surface area contributed by atoms with Crippen molar-refractivity contribution in [1.82, 2.24) is 4.98 Å². The number of carbonyl (C=O) groups is 1. The molecule has 0 saturated carbocycles. The molecule has 0 spiro atoms. The highest BCUT2D eigenvalue weighted by Gasteiger charge is 2.12. The molecule has 33 heavy (non-hydrogen) atoms. The van der Waals surface area contributed by atoms with Crippen molar-refractivity contribution in [3.8, 4) is 17.2 Å². The summed E-state index contributed by atoms with van der Waals surface area (Å²) < 4.78 is 11.3. The van der Waals surface area contributed by atoms with Gasteiger partial charge >= 0.3 is 5.97 Å². The van der Waals surface area contributed by atoms with Gasteiger partial charge in [0, 0.05) is 11.8 Å². The number of halogens is 1. The Kier molecular flexibility index (Phi) is 5.70. The molecule has 5 nitrogen and oxygen atoms in total. The smallest absolute Gasteiger partial charge is 0.345 e. The number of benzene rings is 4. The molecule has 0 radical (unpaired) electrons. The molecule has 1 heterocycles. The van der Waals surface area contributed by atoms with Gasteiger partial charge in [0.1, 0.15) is 11.3 Å². The van der Waals surface area contributed by atoms with E-state index in [4.69, 9.17) is 20.8 Å². The fourth-order valence-corrected chi connectivity index (χ4v) is 3.51. The third-order valence-electron chi connectivity index (χ3n) is 4.92. The highest BCUT2D eigenvalue weighted by Crippen LogP contribution is 2.27. The number of aromatic nitrogens is 1. The van der Waals surface area contributed by atoms with E-state index in [1.807, 2.05) is 54.6 Å². The number of oxazole rings is 1. The van der Waals surface area contributed by atoms with E-state index in [0.717, 1.165) is 22.3 Å². The Morgan fingerprint density at radius 3 is 2.58 bits per heavy atom. The number of fused-ring (bicyclic) bond motifs is 1. The Labute approximate surface area is 195 Å². The summed E-state index contributed by atoms with van der Waals surface area (Å²) in [5, 5.41) is 0.346. The van der Waals surface area contributed by atoms with Gasteiger partial charge in [-0.1, -0.05) is 54.1 Å². The fourth-order valence-electron chi connectivity index (χ4n) is 3.30. The van der Waals surface area contributed by atoms with E-state index in [1.54, 1.807) is 48.7 Å². The average Bonchev–Trinajstić information content (AvgIpc) is 3.27. The molecule has 160 valence electrons. The van der Waals surface area contributed by atoms with Crippen LogP contribution in [0.2, 0.25) is 5.02 Å². The van der Waals surface area contributed by atoms with E-state index >= 15 is 0 Å². The molecule has 4 aromatic carbocycles. The second kappa shape index (κ2) is 9.10. The van der Waals surface area contributed by atoms with Gasteiger partial charge in [-0.15, -0.1) is 0 Å². The number of hydrogen-bond donors (Lipinski definition) is 0. The van der Waals surface area contributed by atoms with Crippen molar-refractivity contribution in [2.45, 2.75) is 0 Å². The molecule has 0 aliphatic carbocycles. The number of rotatable bonds is 5. The molecular formula is C27H17ClN2O3. The number of carbonyl (C=O) groups excluding carboxylic acids is 1. The van der Waals surface area contributed by atoms with Crippen molar-refractivity contribution < 1.29 is 13.9 Å². The molecule has 0 aliphatic rings. The Morgan fingerprint density at radius 1 is 0.909 bits per heavy atom. The number of esters is 1. The van der Waals surface area contributed by atoms with E-state index in [-0.39, 0.29) is 0 Å². The fraction of sp³-hybridized carbons (Fsp3) is 0. The quantitative estimate of drug-likeness (QED) is 0.162. The molecule has 0 N–H and O–H groups in total. The lowest BCUT2D eigenvalue weighted by atomic mass is 10.2. The molecule has 0 amide bonds. The van der Waals surface area contributed by atoms with Crippen LogP contribution in [0.5, 0.6) is 5.75 Å². The number of ether oxygens (including phenoxy) is 1. The third-order valence-corrected chi connectivity index (χ3v) is 5.25. The van der Waals surface area contributed by atoms with E-state index in [2.05, 4.69) is 9.98 Å². The maximum atomic E-state index is 12.4. The highest BCUT2D eigenvalue weighted by molar-refractivity contribution is 6.33. The van der Waals surface area contributed by atoms with Crippen LogP contribution in [0.4, 0.5) is 5.69 Å². The van der Waals surface area contributed by atoms with Crippen LogP contribution in [0.25, 0.3) is 22.6 Å². The van der Waals surface area contributed by atoms with E-state index < -0.39 is 5.97 Å². The summed E-state index contributed by atoms with van der Waals surface area (Å²) in [4.78, 5) is 21.5. The van der Waals surface area contributed by atoms with Crippen molar-refractivity contribution in [3.05, 3.63) is 113 Å². The molecular weight excluding hydrogens is 436 g/mol. The van der Waals surface area contributed by atoms with Crippen LogP contribution in [0.3, 0.4) is 0 Å². The molecule has 0 fully saturated rings. The first-order valence-corrected chi connectivity index (χ1v) is 10.6. The minimum atomic E-state index is -0.514. The topological polar surface area (TPSA) is 64.7 Å². The van der Waals surface area contributed by atoms with Gasteiger partial charge in [-0.25, -0.2) is 9.78 Å². The lowest BCUT2D eigenvalue weighted by Gasteiger charge is -2.06. The molecule has 0 saturated heterocycles. The van der Waals surface area contributed by atoms with Crippen LogP contribution in [0, 0.1) is 0 Å². The maximum absolute atomic E-state index is 12.4. The monoisotopic (exact) mass is 452 g/mol. The van der Waals surface area contributed by atoms with Gasteiger partial charge in [0.25, 0.3) is 0 Å². The summed E-state index contributed by atoms with van der Waals surface area (Å²) in [5.74, 6) is 0.462. The van der Waals surface area contributed by atoms with Crippen LogP contribution >= 0.6 is 11.6 Å². The molecule has 0 aliphatic heterocycles. The van der Waals surface area contributed by atoms with Gasteiger partial charge in [-0.3, -0.25) is 4.99 Å². The highest BCUT2D eigenvalue weighted by atomic mass is 35.5. The molecule has 0 atom stereocenters. The number of aliphatic imine (C=N–C) groups is 1. The predicted octanol–water partition coefficient (Wildman–Crippen LogP) is 7.12. The number of hydrogen-bond acceptors (Lipinski definition) is 5. The van der Waals surface area contributed by atoms with E-state index in [0.29, 0.717) is 27.8 Å². The minimum absolute atomic E-state index is 0.314. The predicted molar refractivity (Wildman–Crippen MR) is 130 cm³/mol. The summed E-state index contributed by atoms with van der Waals surface area (Å²) in [6.45, 7) is 0. The SMILES string of the molecule is O=C(Oc1cccc(C=Nc2ccc3oc(-c4ccccc4)nc3c2)c1)c1ccccc1Cl. The lowest BCUT2D eigenvalue weighted by Crippen LogP contribution is -2.09. The van der Waals surface area contributed by atoms with Crippen molar-refractivity contribution in [3.63, 3.8) is 0 Å². The first kappa shape index (κ1) is 20.7. The molecule has 6 heteroatoms. The van der Waals surface area contributed by atoms with Crippen LogP contribution < -0.4 is 4.74 Å². The standard InChI is InChI=1S/C27H17ClN2O3/c28-23-12-5-4-11-22(23)27(31)32-21-10-6-7-18(15-21)17-29-20-13-14-25-24(16-20)30-26(33-25)19-8-2-1-3-9-19/h1-17H. The normalized spacial score (nSPS) is 11.2. The number of nitrogens with zero attached hydrogens (tertiary/aromatic N) is 2. The van der Waals surface area contributed by atoms with E-state index in [9.17, 15) is 4.79 Å². The summed E-state index contributed by atoms with van der Waals surface area (Å²) in [7, 11) is 0. The summed E-state index contributed by atoms with van der Waals surface area (Å²) in [6, 6.07) is 29.2. The second-order valence-corrected chi connectivity index (χ2v) is 7.64. The van der Waals surface area contributed by atoms with Gasteiger partial charge in [-0.2, -0.15) is 0 Å². The van der Waals surface area contributed by atoms with E-state index in [1.165, 1.54) is 0 Å². The van der Waals surface area contributed by atoms with Crippen LogP contribution in [0.15, 0.2) is 106 Å². The largest absolute Gasteiger partial charge is 0.436 e. The first-order chi connectivity index (χ1) is 16.2. The summed E-state index contributed by atoms with van der Waals surface area (Å²) in [5.41, 5.74) is 4.17. The van der Waals surface area contributed by atoms with Crippen molar-refractivity contribution in [1.29, 1.82) is 0 Å². The van der Waals surface area contributed by atoms with Gasteiger partial charge in [0.05, 0.1) is 16.3 Å². The van der Waals surface area contributed by atoms with Gasteiger partial charge < -0.3 is 9.15 Å². The Hall–Kier alpha value is -4.22. The van der Waals surface area contributed by atoms with Crippen LogP contribution in [-0.2, 0) is 0 Å². The van der Waals surface area contributed by atoms with Gasteiger partial charge in [0.2, 0.25) is 5.89 Å². The second-order valence-electron chi connectivity index (χ2n) is 7.24. The van der Waals surface area contributed by atoms with Crippen LogP contribution in [0.1, 0.15) is 15.9 Å². The Morgan fingerprint density at radius 2 is 1.73 bits per heavy atom. The average molecular weight is 453 g/mol. The zero-order valence-electron chi connectivity index (χ0n) is 17.3. The maximum Gasteiger partial charge on any atom is 0.345 e. The summed E-state index contributed by atoms with van der Waals surface area (Å²) >= 11 is 6.08. The lowest BCUT2D eigenvalue weighted by molar-refractivity contribution is 0.0735. The van der Waals surface area contributed by atoms with Gasteiger partial charge in [-0.05, 0) is 60.2 Å². The first-order valence-electron chi connectivity index (χ1n) is 10.2. The molecule has 5 rings (SSSR count). The van der Waals surface area contributed by atoms with Crippen LogP contribution in [-0.4, -0.2) is 17.2 Å². The van der Waals surface area contributed by atoms with Crippen molar-refractivity contribution in [2.24, 2.45) is 4.99 Å². The Balaban J connectivity index is 1.34. The zero-order chi connectivity index (χ0) is 22.6. The van der Waals surface area contributed by atoms with Gasteiger partial charge in [0.15, 0.2) is 5.58 Å². The minimum Gasteiger partial charge on any atom is -0.436 e. The molecule has 0 bridgehead atoms.